The zero-order valence-corrected chi connectivity index (χ0v) is 18.3. The predicted octanol–water partition coefficient (Wildman–Crippen LogP) is 6.74. The summed E-state index contributed by atoms with van der Waals surface area (Å²) in [7, 11) is 0. The predicted molar refractivity (Wildman–Crippen MR) is 133 cm³/mol. The van der Waals surface area contributed by atoms with Crippen LogP contribution in [0.3, 0.4) is 0 Å². The van der Waals surface area contributed by atoms with E-state index in [1.807, 2.05) is 36.4 Å². The fraction of sp³-hybridized carbons (Fsp3) is 0.0741. The van der Waals surface area contributed by atoms with E-state index in [-0.39, 0.29) is 6.03 Å². The Morgan fingerprint density at radius 3 is 2.28 bits per heavy atom. The van der Waals surface area contributed by atoms with Crippen molar-refractivity contribution in [3.63, 3.8) is 0 Å². The SMILES string of the molecule is O=C(NCc1c(-c2cccs2)n(Cc2ccccc2)c2ccccc12)Nc1ccccc1. The van der Waals surface area contributed by atoms with Gasteiger partial charge in [-0.05, 0) is 35.2 Å². The van der Waals surface area contributed by atoms with E-state index in [9.17, 15) is 4.79 Å². The number of rotatable bonds is 6. The van der Waals surface area contributed by atoms with Crippen LogP contribution in [0, 0.1) is 0 Å². The molecule has 5 aromatic rings. The second-order valence-electron chi connectivity index (χ2n) is 7.57. The standard InChI is InChI=1S/C27H23N3OS/c31-27(29-21-12-5-2-6-13-21)28-18-23-22-14-7-8-15-24(22)30(19-20-10-3-1-4-11-20)26(23)25-16-9-17-32-25/h1-17H,18-19H2,(H2,28,29,31). The molecular formula is C27H23N3OS. The van der Waals surface area contributed by atoms with Crippen LogP contribution in [0.25, 0.3) is 21.5 Å². The molecule has 4 nitrogen and oxygen atoms in total. The molecule has 0 spiro atoms. The zero-order chi connectivity index (χ0) is 21.8. The minimum Gasteiger partial charge on any atom is -0.335 e. The number of nitrogens with one attached hydrogen (secondary N) is 2. The summed E-state index contributed by atoms with van der Waals surface area (Å²) in [6.45, 7) is 1.21. The molecule has 0 atom stereocenters. The van der Waals surface area contributed by atoms with Crippen LogP contribution in [-0.4, -0.2) is 10.6 Å². The quantitative estimate of drug-likeness (QED) is 0.304. The number of urea groups is 1. The molecule has 0 saturated carbocycles. The summed E-state index contributed by atoms with van der Waals surface area (Å²) in [5.74, 6) is 0. The van der Waals surface area contributed by atoms with Crippen LogP contribution >= 0.6 is 11.3 Å². The van der Waals surface area contributed by atoms with E-state index in [0.717, 1.165) is 28.9 Å². The van der Waals surface area contributed by atoms with Crippen molar-refractivity contribution in [2.75, 3.05) is 5.32 Å². The van der Waals surface area contributed by atoms with Gasteiger partial charge in [-0.2, -0.15) is 0 Å². The highest BCUT2D eigenvalue weighted by Crippen LogP contribution is 2.36. The van der Waals surface area contributed by atoms with E-state index in [2.05, 4.69) is 81.2 Å². The van der Waals surface area contributed by atoms with Crippen molar-refractivity contribution < 1.29 is 4.79 Å². The van der Waals surface area contributed by atoms with Crippen molar-refractivity contribution in [2.45, 2.75) is 13.1 Å². The molecule has 2 heterocycles. The Hall–Kier alpha value is -3.83. The van der Waals surface area contributed by atoms with E-state index in [0.29, 0.717) is 6.54 Å². The van der Waals surface area contributed by atoms with Crippen molar-refractivity contribution in [2.24, 2.45) is 0 Å². The first-order valence-electron chi connectivity index (χ1n) is 10.6. The number of amides is 2. The van der Waals surface area contributed by atoms with Crippen LogP contribution in [0.15, 0.2) is 102 Å². The molecule has 2 aromatic heterocycles. The van der Waals surface area contributed by atoms with Crippen molar-refractivity contribution >= 4 is 34.0 Å². The zero-order valence-electron chi connectivity index (χ0n) is 17.5. The Kier molecular flexibility index (Phi) is 5.73. The van der Waals surface area contributed by atoms with Gasteiger partial charge in [-0.1, -0.05) is 72.8 Å². The van der Waals surface area contributed by atoms with Gasteiger partial charge in [0.1, 0.15) is 0 Å². The molecule has 32 heavy (non-hydrogen) atoms. The lowest BCUT2D eigenvalue weighted by Gasteiger charge is -2.12. The number of aromatic nitrogens is 1. The molecular weight excluding hydrogens is 414 g/mol. The third-order valence-electron chi connectivity index (χ3n) is 5.47. The molecule has 0 aliphatic heterocycles. The number of hydrogen-bond acceptors (Lipinski definition) is 2. The molecule has 3 aromatic carbocycles. The van der Waals surface area contributed by atoms with Gasteiger partial charge in [-0.15, -0.1) is 11.3 Å². The minimum atomic E-state index is -0.215. The fourth-order valence-electron chi connectivity index (χ4n) is 4.04. The van der Waals surface area contributed by atoms with Crippen LogP contribution in [0.1, 0.15) is 11.1 Å². The molecule has 0 fully saturated rings. The average Bonchev–Trinajstić information content (AvgIpc) is 3.46. The monoisotopic (exact) mass is 437 g/mol. The van der Waals surface area contributed by atoms with Crippen molar-refractivity contribution in [1.29, 1.82) is 0 Å². The fourth-order valence-corrected chi connectivity index (χ4v) is 4.85. The number of carbonyl (C=O) groups is 1. The maximum Gasteiger partial charge on any atom is 0.319 e. The van der Waals surface area contributed by atoms with E-state index >= 15 is 0 Å². The van der Waals surface area contributed by atoms with Crippen LogP contribution < -0.4 is 10.6 Å². The van der Waals surface area contributed by atoms with Crippen LogP contribution in [0.2, 0.25) is 0 Å². The number of anilines is 1. The topological polar surface area (TPSA) is 46.1 Å². The summed E-state index contributed by atoms with van der Waals surface area (Å²) in [5.41, 5.74) is 5.47. The first-order valence-corrected chi connectivity index (χ1v) is 11.5. The molecule has 0 bridgehead atoms. The molecule has 2 amide bonds. The van der Waals surface area contributed by atoms with Gasteiger partial charge in [0.05, 0.1) is 10.6 Å². The summed E-state index contributed by atoms with van der Waals surface area (Å²) in [6.07, 6.45) is 0. The lowest BCUT2D eigenvalue weighted by molar-refractivity contribution is 0.252. The summed E-state index contributed by atoms with van der Waals surface area (Å²) in [6, 6.07) is 32.4. The summed E-state index contributed by atoms with van der Waals surface area (Å²) in [5, 5.41) is 9.22. The molecule has 0 aliphatic carbocycles. The Morgan fingerprint density at radius 2 is 1.53 bits per heavy atom. The third-order valence-corrected chi connectivity index (χ3v) is 6.35. The summed E-state index contributed by atoms with van der Waals surface area (Å²) in [4.78, 5) is 13.8. The van der Waals surface area contributed by atoms with Gasteiger partial charge in [0.25, 0.3) is 0 Å². The van der Waals surface area contributed by atoms with Crippen LogP contribution in [-0.2, 0) is 13.1 Å². The van der Waals surface area contributed by atoms with Crippen molar-refractivity contribution in [3.8, 4) is 10.6 Å². The summed E-state index contributed by atoms with van der Waals surface area (Å²) < 4.78 is 2.36. The van der Waals surface area contributed by atoms with Gasteiger partial charge in [0, 0.05) is 35.2 Å². The molecule has 158 valence electrons. The maximum atomic E-state index is 12.6. The first kappa shape index (κ1) is 20.1. The lowest BCUT2D eigenvalue weighted by Crippen LogP contribution is -2.28. The van der Waals surface area contributed by atoms with Gasteiger partial charge >= 0.3 is 6.03 Å². The highest BCUT2D eigenvalue weighted by Gasteiger charge is 2.20. The normalized spacial score (nSPS) is 10.9. The largest absolute Gasteiger partial charge is 0.335 e. The van der Waals surface area contributed by atoms with Crippen LogP contribution in [0.5, 0.6) is 0 Å². The molecule has 2 N–H and O–H groups in total. The van der Waals surface area contributed by atoms with Gasteiger partial charge in [-0.3, -0.25) is 0 Å². The average molecular weight is 438 g/mol. The highest BCUT2D eigenvalue weighted by molar-refractivity contribution is 7.13. The summed E-state index contributed by atoms with van der Waals surface area (Å²) >= 11 is 1.72. The molecule has 5 heteroatoms. The minimum absolute atomic E-state index is 0.215. The smallest absolute Gasteiger partial charge is 0.319 e. The van der Waals surface area contributed by atoms with Gasteiger partial charge in [0.15, 0.2) is 0 Å². The maximum absolute atomic E-state index is 12.6. The number of thiophene rings is 1. The van der Waals surface area contributed by atoms with E-state index in [1.165, 1.54) is 16.0 Å². The second-order valence-corrected chi connectivity index (χ2v) is 8.51. The second kappa shape index (κ2) is 9.12. The Balaban J connectivity index is 1.53. The van der Waals surface area contributed by atoms with Gasteiger partial charge < -0.3 is 15.2 Å². The van der Waals surface area contributed by atoms with Crippen molar-refractivity contribution in [1.82, 2.24) is 9.88 Å². The van der Waals surface area contributed by atoms with Crippen LogP contribution in [0.4, 0.5) is 10.5 Å². The Morgan fingerprint density at radius 1 is 0.812 bits per heavy atom. The van der Waals surface area contributed by atoms with Gasteiger partial charge in [-0.25, -0.2) is 4.79 Å². The molecule has 0 saturated heterocycles. The highest BCUT2D eigenvalue weighted by atomic mass is 32.1. The molecule has 5 rings (SSSR count). The number of para-hydroxylation sites is 2. The number of fused-ring (bicyclic) bond motifs is 1. The number of hydrogen-bond donors (Lipinski definition) is 2. The first-order chi connectivity index (χ1) is 15.8. The molecule has 0 unspecified atom stereocenters. The van der Waals surface area contributed by atoms with E-state index < -0.39 is 0 Å². The number of benzene rings is 3. The Bertz CT molecular complexity index is 1330. The number of carbonyl (C=O) groups excluding carboxylic acids is 1. The van der Waals surface area contributed by atoms with Gasteiger partial charge in [0.2, 0.25) is 0 Å². The third kappa shape index (κ3) is 4.15. The van der Waals surface area contributed by atoms with E-state index in [1.54, 1.807) is 11.3 Å². The Labute approximate surface area is 191 Å². The van der Waals surface area contributed by atoms with E-state index in [4.69, 9.17) is 0 Å². The number of nitrogens with zero attached hydrogens (tertiary/aromatic N) is 1. The molecule has 0 radical (unpaired) electrons. The molecule has 0 aliphatic rings. The lowest BCUT2D eigenvalue weighted by atomic mass is 10.1. The van der Waals surface area contributed by atoms with Crippen molar-refractivity contribution in [3.05, 3.63) is 114 Å².